The molecule has 6 nitrogen and oxygen atoms in total. The van der Waals surface area contributed by atoms with E-state index in [2.05, 4.69) is 5.32 Å². The van der Waals surface area contributed by atoms with Crippen LogP contribution in [0.25, 0.3) is 0 Å². The van der Waals surface area contributed by atoms with Crippen LogP contribution in [0.4, 0.5) is 0 Å². The van der Waals surface area contributed by atoms with Crippen LogP contribution in [0.15, 0.2) is 0 Å². The molecule has 1 amide bonds. The minimum absolute atomic E-state index is 0.409. The lowest BCUT2D eigenvalue weighted by molar-refractivity contribution is -0.142. The number of rotatable bonds is 9. The number of nitrogens with two attached hydrogens (primary N) is 1. The van der Waals surface area contributed by atoms with Crippen molar-refractivity contribution in [1.82, 2.24) is 5.32 Å². The van der Waals surface area contributed by atoms with Crippen LogP contribution in [-0.2, 0) is 14.3 Å². The molecule has 100 valence electrons. The summed E-state index contributed by atoms with van der Waals surface area (Å²) in [6.45, 7) is 2.40. The van der Waals surface area contributed by atoms with Crippen molar-refractivity contribution in [3.63, 3.8) is 0 Å². The molecule has 4 N–H and O–H groups in total. The summed E-state index contributed by atoms with van der Waals surface area (Å²) in [4.78, 5) is 22.4. The van der Waals surface area contributed by atoms with Crippen LogP contribution in [0.3, 0.4) is 0 Å². The third kappa shape index (κ3) is 6.91. The van der Waals surface area contributed by atoms with E-state index in [0.717, 1.165) is 0 Å². The first-order valence-corrected chi connectivity index (χ1v) is 5.80. The zero-order valence-corrected chi connectivity index (χ0v) is 10.4. The van der Waals surface area contributed by atoms with Crippen molar-refractivity contribution in [3.8, 4) is 0 Å². The maximum absolute atomic E-state index is 11.6. The van der Waals surface area contributed by atoms with Crippen molar-refractivity contribution in [2.45, 2.75) is 44.7 Å². The van der Waals surface area contributed by atoms with Crippen molar-refractivity contribution in [2.75, 3.05) is 13.7 Å². The van der Waals surface area contributed by atoms with Gasteiger partial charge in [0.15, 0.2) is 0 Å². The molecule has 2 atom stereocenters. The van der Waals surface area contributed by atoms with E-state index in [1.807, 2.05) is 6.92 Å². The molecule has 0 rings (SSSR count). The number of carboxylic acids is 1. The van der Waals surface area contributed by atoms with Gasteiger partial charge in [-0.25, -0.2) is 4.79 Å². The van der Waals surface area contributed by atoms with E-state index >= 15 is 0 Å². The van der Waals surface area contributed by atoms with E-state index in [-0.39, 0.29) is 0 Å². The molecule has 1 unspecified atom stereocenters. The van der Waals surface area contributed by atoms with Crippen molar-refractivity contribution in [2.24, 2.45) is 5.73 Å². The van der Waals surface area contributed by atoms with Gasteiger partial charge in [-0.3, -0.25) is 4.79 Å². The first kappa shape index (κ1) is 15.9. The lowest BCUT2D eigenvalue weighted by Gasteiger charge is -2.17. The summed E-state index contributed by atoms with van der Waals surface area (Å²) >= 11 is 0. The van der Waals surface area contributed by atoms with Gasteiger partial charge in [-0.15, -0.1) is 0 Å². The largest absolute Gasteiger partial charge is 0.480 e. The summed E-state index contributed by atoms with van der Waals surface area (Å²) < 4.78 is 4.85. The van der Waals surface area contributed by atoms with E-state index in [9.17, 15) is 9.59 Å². The number of carboxylic acid groups (broad SMARTS) is 1. The summed E-state index contributed by atoms with van der Waals surface area (Å²) in [6, 6.07) is -1.52. The van der Waals surface area contributed by atoms with Crippen molar-refractivity contribution >= 4 is 11.9 Å². The SMILES string of the molecule is CCC[C@H](NC(=O)C(N)CCCOC)C(=O)O. The number of carbonyl (C=O) groups excluding carboxylic acids is 1. The highest BCUT2D eigenvalue weighted by atomic mass is 16.5. The topological polar surface area (TPSA) is 102 Å². The Labute approximate surface area is 102 Å². The van der Waals surface area contributed by atoms with Crippen LogP contribution in [-0.4, -0.2) is 42.8 Å². The molecule has 6 heteroatoms. The molecule has 0 fully saturated rings. The first-order valence-electron chi connectivity index (χ1n) is 5.80. The average Bonchev–Trinajstić information content (AvgIpc) is 2.28. The van der Waals surface area contributed by atoms with Gasteiger partial charge in [0, 0.05) is 13.7 Å². The third-order valence-corrected chi connectivity index (χ3v) is 2.39. The fourth-order valence-corrected chi connectivity index (χ4v) is 1.40. The highest BCUT2D eigenvalue weighted by Gasteiger charge is 2.21. The van der Waals surface area contributed by atoms with Crippen LogP contribution in [0, 0.1) is 0 Å². The van der Waals surface area contributed by atoms with Crippen LogP contribution < -0.4 is 11.1 Å². The average molecular weight is 246 g/mol. The van der Waals surface area contributed by atoms with Crippen molar-refractivity contribution < 1.29 is 19.4 Å². The molecule has 0 aromatic carbocycles. The Hall–Kier alpha value is -1.14. The van der Waals surface area contributed by atoms with E-state index in [0.29, 0.717) is 32.3 Å². The minimum Gasteiger partial charge on any atom is -0.480 e. The predicted molar refractivity (Wildman–Crippen MR) is 63.6 cm³/mol. The van der Waals surface area contributed by atoms with Gasteiger partial charge in [0.25, 0.3) is 0 Å². The quantitative estimate of drug-likeness (QED) is 0.501. The Morgan fingerprint density at radius 1 is 1.41 bits per heavy atom. The Bertz CT molecular complexity index is 246. The van der Waals surface area contributed by atoms with Crippen LogP contribution in [0.2, 0.25) is 0 Å². The fraction of sp³-hybridized carbons (Fsp3) is 0.818. The number of carbonyl (C=O) groups is 2. The molecule has 0 aliphatic heterocycles. The van der Waals surface area contributed by atoms with Gasteiger partial charge >= 0.3 is 5.97 Å². The molecular formula is C11H22N2O4. The number of hydrogen-bond acceptors (Lipinski definition) is 4. The number of methoxy groups -OCH3 is 1. The highest BCUT2D eigenvalue weighted by molar-refractivity contribution is 5.86. The monoisotopic (exact) mass is 246 g/mol. The summed E-state index contributed by atoms with van der Waals surface area (Å²) in [7, 11) is 1.58. The van der Waals surface area contributed by atoms with Crippen molar-refractivity contribution in [1.29, 1.82) is 0 Å². The summed E-state index contributed by atoms with van der Waals surface area (Å²) in [6.07, 6.45) is 2.26. The van der Waals surface area contributed by atoms with Crippen LogP contribution >= 0.6 is 0 Å². The first-order chi connectivity index (χ1) is 8.02. The Kier molecular flexibility index (Phi) is 8.35. The number of aliphatic carboxylic acids is 1. The molecule has 0 heterocycles. The van der Waals surface area contributed by atoms with E-state index in [1.54, 1.807) is 7.11 Å². The van der Waals surface area contributed by atoms with Crippen LogP contribution in [0.5, 0.6) is 0 Å². The lowest BCUT2D eigenvalue weighted by atomic mass is 10.1. The van der Waals surface area contributed by atoms with Gasteiger partial charge in [0.05, 0.1) is 6.04 Å². The molecule has 0 bridgehead atoms. The summed E-state index contributed by atoms with van der Waals surface area (Å²) in [5.41, 5.74) is 5.64. The maximum Gasteiger partial charge on any atom is 0.326 e. The molecule has 17 heavy (non-hydrogen) atoms. The highest BCUT2D eigenvalue weighted by Crippen LogP contribution is 2.00. The molecule has 0 spiro atoms. The summed E-state index contributed by atoms with van der Waals surface area (Å²) in [5.74, 6) is -1.44. The van der Waals surface area contributed by atoms with Gasteiger partial charge < -0.3 is 20.9 Å². The number of amides is 1. The normalized spacial score (nSPS) is 14.1. The molecule has 0 aromatic heterocycles. The fourth-order valence-electron chi connectivity index (χ4n) is 1.40. The number of nitrogens with one attached hydrogen (secondary N) is 1. The van der Waals surface area contributed by atoms with E-state index in [1.165, 1.54) is 0 Å². The molecule has 0 aliphatic carbocycles. The second kappa shape index (κ2) is 8.95. The van der Waals surface area contributed by atoms with Crippen molar-refractivity contribution in [3.05, 3.63) is 0 Å². The molecule has 0 saturated heterocycles. The zero-order valence-electron chi connectivity index (χ0n) is 10.4. The maximum atomic E-state index is 11.6. The van der Waals surface area contributed by atoms with E-state index < -0.39 is 24.0 Å². The molecule has 0 saturated carbocycles. The second-order valence-corrected chi connectivity index (χ2v) is 3.93. The van der Waals surface area contributed by atoms with Gasteiger partial charge in [-0.2, -0.15) is 0 Å². The molecule has 0 aromatic rings. The second-order valence-electron chi connectivity index (χ2n) is 3.93. The predicted octanol–water partition coefficient (Wildman–Crippen LogP) is 0.110. The molecule has 0 radical (unpaired) electrons. The van der Waals surface area contributed by atoms with Gasteiger partial charge in [-0.05, 0) is 19.3 Å². The zero-order chi connectivity index (χ0) is 13.3. The van der Waals surface area contributed by atoms with Gasteiger partial charge in [0.1, 0.15) is 6.04 Å². The van der Waals surface area contributed by atoms with Crippen LogP contribution in [0.1, 0.15) is 32.6 Å². The summed E-state index contributed by atoms with van der Waals surface area (Å²) in [5, 5.41) is 11.3. The Balaban J connectivity index is 4.06. The minimum atomic E-state index is -1.02. The van der Waals surface area contributed by atoms with E-state index in [4.69, 9.17) is 15.6 Å². The molecule has 0 aliphatic rings. The number of ether oxygens (including phenoxy) is 1. The third-order valence-electron chi connectivity index (χ3n) is 2.39. The number of hydrogen-bond donors (Lipinski definition) is 3. The lowest BCUT2D eigenvalue weighted by Crippen LogP contribution is -2.48. The molecular weight excluding hydrogens is 224 g/mol. The standard InChI is InChI=1S/C11H22N2O4/c1-3-5-9(11(15)16)13-10(14)8(12)6-4-7-17-2/h8-9H,3-7,12H2,1-2H3,(H,13,14)(H,15,16)/t8?,9-/m0/s1. The smallest absolute Gasteiger partial charge is 0.326 e. The Morgan fingerprint density at radius 3 is 2.53 bits per heavy atom. The Morgan fingerprint density at radius 2 is 2.06 bits per heavy atom. The van der Waals surface area contributed by atoms with Gasteiger partial charge in [0.2, 0.25) is 5.91 Å². The van der Waals surface area contributed by atoms with Gasteiger partial charge in [-0.1, -0.05) is 13.3 Å².